The Kier molecular flexibility index (Phi) is 4.43. The maximum absolute atomic E-state index is 11.9. The van der Waals surface area contributed by atoms with Gasteiger partial charge in [0.2, 0.25) is 0 Å². The predicted molar refractivity (Wildman–Crippen MR) is 68.0 cm³/mol. The Morgan fingerprint density at radius 3 is 2.47 bits per heavy atom. The standard InChI is InChI=1S/C12H20N4O/c1-5-12(3,4)16-11(17)9-7-15-10(8-14-9)13-6-2/h7-8H,5-6H2,1-4H3,(H,13,15)(H,16,17). The van der Waals surface area contributed by atoms with E-state index in [2.05, 4.69) is 20.6 Å². The molecule has 94 valence electrons. The van der Waals surface area contributed by atoms with Crippen molar-refractivity contribution in [3.63, 3.8) is 0 Å². The van der Waals surface area contributed by atoms with E-state index < -0.39 is 0 Å². The second-order valence-electron chi connectivity index (χ2n) is 4.51. The highest BCUT2D eigenvalue weighted by Gasteiger charge is 2.19. The maximum Gasteiger partial charge on any atom is 0.271 e. The largest absolute Gasteiger partial charge is 0.369 e. The number of carbonyl (C=O) groups excluding carboxylic acids is 1. The van der Waals surface area contributed by atoms with Crippen LogP contribution in [0.1, 0.15) is 44.6 Å². The van der Waals surface area contributed by atoms with Crippen molar-refractivity contribution in [1.29, 1.82) is 0 Å². The summed E-state index contributed by atoms with van der Waals surface area (Å²) in [4.78, 5) is 20.0. The third kappa shape index (κ3) is 4.01. The number of nitrogens with one attached hydrogen (secondary N) is 2. The molecule has 5 heteroatoms. The molecule has 0 aromatic carbocycles. The van der Waals surface area contributed by atoms with Gasteiger partial charge in [0.25, 0.3) is 5.91 Å². The Balaban J connectivity index is 2.70. The van der Waals surface area contributed by atoms with Crippen molar-refractivity contribution in [2.45, 2.75) is 39.7 Å². The number of rotatable bonds is 5. The third-order valence-corrected chi connectivity index (χ3v) is 2.58. The summed E-state index contributed by atoms with van der Waals surface area (Å²) in [5, 5.41) is 5.94. The second-order valence-corrected chi connectivity index (χ2v) is 4.51. The SMILES string of the molecule is CCNc1cnc(C(=O)NC(C)(C)CC)cn1. The van der Waals surface area contributed by atoms with Gasteiger partial charge in [-0.25, -0.2) is 9.97 Å². The van der Waals surface area contributed by atoms with Crippen LogP contribution in [0.4, 0.5) is 5.82 Å². The average Bonchev–Trinajstić information content (AvgIpc) is 2.30. The quantitative estimate of drug-likeness (QED) is 0.818. The van der Waals surface area contributed by atoms with Crippen LogP contribution in [0.5, 0.6) is 0 Å². The number of hydrogen-bond acceptors (Lipinski definition) is 4. The van der Waals surface area contributed by atoms with Crippen LogP contribution >= 0.6 is 0 Å². The molecule has 1 heterocycles. The van der Waals surface area contributed by atoms with Crippen molar-refractivity contribution in [3.05, 3.63) is 18.1 Å². The van der Waals surface area contributed by atoms with Gasteiger partial charge >= 0.3 is 0 Å². The van der Waals surface area contributed by atoms with E-state index in [0.29, 0.717) is 11.5 Å². The highest BCUT2D eigenvalue weighted by atomic mass is 16.2. The fourth-order valence-electron chi connectivity index (χ4n) is 1.18. The maximum atomic E-state index is 11.9. The zero-order chi connectivity index (χ0) is 12.9. The van der Waals surface area contributed by atoms with Crippen LogP contribution in [-0.4, -0.2) is 28.0 Å². The Morgan fingerprint density at radius 2 is 2.00 bits per heavy atom. The molecule has 1 aromatic heterocycles. The number of amides is 1. The molecule has 0 bridgehead atoms. The van der Waals surface area contributed by atoms with Crippen LogP contribution in [0.2, 0.25) is 0 Å². The third-order valence-electron chi connectivity index (χ3n) is 2.58. The van der Waals surface area contributed by atoms with Gasteiger partial charge in [-0.2, -0.15) is 0 Å². The molecule has 17 heavy (non-hydrogen) atoms. The lowest BCUT2D eigenvalue weighted by molar-refractivity contribution is 0.0905. The summed E-state index contributed by atoms with van der Waals surface area (Å²) in [5.74, 6) is 0.492. The first-order valence-electron chi connectivity index (χ1n) is 5.87. The van der Waals surface area contributed by atoms with Gasteiger partial charge in [-0.05, 0) is 27.2 Å². The van der Waals surface area contributed by atoms with Gasteiger partial charge < -0.3 is 10.6 Å². The number of aromatic nitrogens is 2. The molecule has 2 N–H and O–H groups in total. The van der Waals surface area contributed by atoms with E-state index in [1.807, 2.05) is 27.7 Å². The molecule has 5 nitrogen and oxygen atoms in total. The zero-order valence-corrected chi connectivity index (χ0v) is 10.9. The van der Waals surface area contributed by atoms with Crippen LogP contribution in [0, 0.1) is 0 Å². The van der Waals surface area contributed by atoms with E-state index in [9.17, 15) is 4.79 Å². The van der Waals surface area contributed by atoms with Gasteiger partial charge in [0, 0.05) is 12.1 Å². The summed E-state index contributed by atoms with van der Waals surface area (Å²) in [6, 6.07) is 0. The Hall–Kier alpha value is -1.65. The Morgan fingerprint density at radius 1 is 1.29 bits per heavy atom. The molecule has 0 radical (unpaired) electrons. The number of hydrogen-bond donors (Lipinski definition) is 2. The molecular weight excluding hydrogens is 216 g/mol. The predicted octanol–water partition coefficient (Wildman–Crippen LogP) is 1.83. The molecule has 1 aromatic rings. The van der Waals surface area contributed by atoms with E-state index in [4.69, 9.17) is 0 Å². The zero-order valence-electron chi connectivity index (χ0n) is 10.9. The topological polar surface area (TPSA) is 66.9 Å². The first-order valence-corrected chi connectivity index (χ1v) is 5.87. The molecule has 1 amide bonds. The molecule has 0 saturated carbocycles. The van der Waals surface area contributed by atoms with E-state index >= 15 is 0 Å². The van der Waals surface area contributed by atoms with E-state index in [0.717, 1.165) is 13.0 Å². The smallest absolute Gasteiger partial charge is 0.271 e. The minimum absolute atomic E-state index is 0.188. The lowest BCUT2D eigenvalue weighted by atomic mass is 10.0. The van der Waals surface area contributed by atoms with Crippen molar-refractivity contribution in [1.82, 2.24) is 15.3 Å². The highest BCUT2D eigenvalue weighted by Crippen LogP contribution is 2.08. The lowest BCUT2D eigenvalue weighted by Gasteiger charge is -2.24. The van der Waals surface area contributed by atoms with Gasteiger partial charge in [0.15, 0.2) is 0 Å². The van der Waals surface area contributed by atoms with Crippen LogP contribution in [0.3, 0.4) is 0 Å². The normalized spacial score (nSPS) is 11.1. The summed E-state index contributed by atoms with van der Waals surface area (Å²) < 4.78 is 0. The van der Waals surface area contributed by atoms with Gasteiger partial charge in [0.05, 0.1) is 12.4 Å². The summed E-state index contributed by atoms with van der Waals surface area (Å²) >= 11 is 0. The molecule has 0 saturated heterocycles. The summed E-state index contributed by atoms with van der Waals surface area (Å²) in [6.07, 6.45) is 3.91. The monoisotopic (exact) mass is 236 g/mol. The molecular formula is C12H20N4O. The Labute approximate surface area is 102 Å². The van der Waals surface area contributed by atoms with Crippen molar-refractivity contribution in [2.75, 3.05) is 11.9 Å². The van der Waals surface area contributed by atoms with Crippen LogP contribution in [0.25, 0.3) is 0 Å². The van der Waals surface area contributed by atoms with Crippen molar-refractivity contribution < 1.29 is 4.79 Å². The molecule has 0 fully saturated rings. The van der Waals surface area contributed by atoms with Gasteiger partial charge in [-0.15, -0.1) is 0 Å². The van der Waals surface area contributed by atoms with E-state index in [1.54, 1.807) is 6.20 Å². The van der Waals surface area contributed by atoms with Crippen molar-refractivity contribution in [2.24, 2.45) is 0 Å². The summed E-state index contributed by atoms with van der Waals surface area (Å²) in [7, 11) is 0. The van der Waals surface area contributed by atoms with Crippen molar-refractivity contribution in [3.8, 4) is 0 Å². The second kappa shape index (κ2) is 5.61. The van der Waals surface area contributed by atoms with Crippen LogP contribution < -0.4 is 10.6 Å². The average molecular weight is 236 g/mol. The summed E-state index contributed by atoms with van der Waals surface area (Å²) in [5.41, 5.74) is 0.118. The molecule has 0 spiro atoms. The Bertz CT molecular complexity index is 373. The molecule has 0 unspecified atom stereocenters. The summed E-state index contributed by atoms with van der Waals surface area (Å²) in [6.45, 7) is 8.74. The molecule has 0 aliphatic carbocycles. The van der Waals surface area contributed by atoms with Gasteiger partial charge in [0.1, 0.15) is 11.5 Å². The number of nitrogens with zero attached hydrogens (tertiary/aromatic N) is 2. The number of carbonyl (C=O) groups is 1. The minimum Gasteiger partial charge on any atom is -0.369 e. The first kappa shape index (κ1) is 13.4. The van der Waals surface area contributed by atoms with Crippen LogP contribution in [0.15, 0.2) is 12.4 Å². The van der Waals surface area contributed by atoms with Gasteiger partial charge in [-0.3, -0.25) is 4.79 Å². The fourth-order valence-corrected chi connectivity index (χ4v) is 1.18. The van der Waals surface area contributed by atoms with Crippen LogP contribution in [-0.2, 0) is 0 Å². The molecule has 0 aliphatic rings. The molecule has 0 aliphatic heterocycles. The minimum atomic E-state index is -0.223. The lowest BCUT2D eigenvalue weighted by Crippen LogP contribution is -2.43. The van der Waals surface area contributed by atoms with Gasteiger partial charge in [-0.1, -0.05) is 6.92 Å². The first-order chi connectivity index (χ1) is 7.98. The van der Waals surface area contributed by atoms with E-state index in [1.165, 1.54) is 6.20 Å². The highest BCUT2D eigenvalue weighted by molar-refractivity contribution is 5.92. The molecule has 0 atom stereocenters. The number of anilines is 1. The fraction of sp³-hybridized carbons (Fsp3) is 0.583. The molecule has 1 rings (SSSR count). The van der Waals surface area contributed by atoms with E-state index in [-0.39, 0.29) is 11.4 Å². The van der Waals surface area contributed by atoms with Crippen molar-refractivity contribution >= 4 is 11.7 Å².